The second kappa shape index (κ2) is 16.4. The number of para-hydroxylation sites is 1. The molecule has 1 aromatic heterocycles. The number of benzene rings is 3. The van der Waals surface area contributed by atoms with E-state index in [1.807, 2.05) is 67.6 Å². The van der Waals surface area contributed by atoms with Crippen LogP contribution in [0.3, 0.4) is 0 Å². The Morgan fingerprint density at radius 3 is 2.43 bits per heavy atom. The summed E-state index contributed by atoms with van der Waals surface area (Å²) < 4.78 is 15.8. The molecule has 1 fully saturated rings. The average molecular weight is 658 g/mol. The fraction of sp³-hybridized carbons (Fsp3) is 0.286. The lowest BCUT2D eigenvalue weighted by Crippen LogP contribution is -2.44. The van der Waals surface area contributed by atoms with Gasteiger partial charge in [-0.15, -0.1) is 0 Å². The summed E-state index contributed by atoms with van der Waals surface area (Å²) in [5.41, 5.74) is 4.46. The SMILES string of the molecule is CCOc1ccccc1-c1nc(NS/C(C=N)=C/NCc2ccccc2)nc(Oc2cccc(N3CCN(C)CC3)c2Cl)c1CC. The molecule has 5 rings (SSSR count). The summed E-state index contributed by atoms with van der Waals surface area (Å²) in [5.74, 6) is 1.99. The quantitative estimate of drug-likeness (QED) is 0.0933. The van der Waals surface area contributed by atoms with Gasteiger partial charge in [-0.1, -0.05) is 67.1 Å². The molecule has 0 unspecified atom stereocenters. The van der Waals surface area contributed by atoms with Crippen LogP contribution in [-0.2, 0) is 13.0 Å². The molecule has 0 radical (unpaired) electrons. The van der Waals surface area contributed by atoms with E-state index in [1.165, 1.54) is 18.2 Å². The van der Waals surface area contributed by atoms with E-state index in [-0.39, 0.29) is 0 Å². The number of halogens is 1. The molecule has 1 saturated heterocycles. The molecule has 0 aliphatic carbocycles. The molecule has 0 saturated carbocycles. The van der Waals surface area contributed by atoms with Crippen molar-refractivity contribution in [3.05, 3.63) is 100 Å². The summed E-state index contributed by atoms with van der Waals surface area (Å²) in [6, 6.07) is 23.8. The Morgan fingerprint density at radius 1 is 0.957 bits per heavy atom. The van der Waals surface area contributed by atoms with Gasteiger partial charge in [-0.3, -0.25) is 4.72 Å². The van der Waals surface area contributed by atoms with E-state index in [1.54, 1.807) is 6.20 Å². The van der Waals surface area contributed by atoms with Crippen LogP contribution in [0.5, 0.6) is 17.4 Å². The monoisotopic (exact) mass is 657 g/mol. The van der Waals surface area contributed by atoms with E-state index in [9.17, 15) is 0 Å². The van der Waals surface area contributed by atoms with Gasteiger partial charge in [0, 0.05) is 56.3 Å². The standard InChI is InChI=1S/C35H40ClN7O2S/c1-4-27-33(28-14-9-10-16-30(28)44-5-2)39-35(41-46-26(22-37)24-38-23-25-12-7-6-8-13-25)40-34(27)45-31-17-11-15-29(32(31)36)43-20-18-42(3)19-21-43/h6-17,22,24,37-38H,4-5,18-21,23H2,1-3H3,(H,39,40,41)/b26-24+,37-22?. The molecule has 0 spiro atoms. The van der Waals surface area contributed by atoms with Crippen LogP contribution in [0.2, 0.25) is 5.02 Å². The number of piperazine rings is 1. The van der Waals surface area contributed by atoms with Gasteiger partial charge in [-0.05, 0) is 62.2 Å². The van der Waals surface area contributed by atoms with Crippen LogP contribution in [0.25, 0.3) is 11.3 Å². The van der Waals surface area contributed by atoms with Gasteiger partial charge in [0.1, 0.15) is 16.5 Å². The Balaban J connectivity index is 1.47. The van der Waals surface area contributed by atoms with E-state index in [4.69, 9.17) is 36.5 Å². The molecule has 1 aliphatic rings. The minimum atomic E-state index is 0.334. The van der Waals surface area contributed by atoms with Gasteiger partial charge in [-0.25, -0.2) is 4.98 Å². The molecular formula is C35H40ClN7O2S. The van der Waals surface area contributed by atoms with Crippen molar-refractivity contribution < 1.29 is 9.47 Å². The smallest absolute Gasteiger partial charge is 0.237 e. The van der Waals surface area contributed by atoms with Crippen LogP contribution in [0.15, 0.2) is 83.9 Å². The number of nitrogens with zero attached hydrogens (tertiary/aromatic N) is 4. The molecular weight excluding hydrogens is 618 g/mol. The number of anilines is 2. The van der Waals surface area contributed by atoms with Gasteiger partial charge in [0.15, 0.2) is 0 Å². The number of rotatable bonds is 14. The Labute approximate surface area is 280 Å². The molecule has 3 aromatic carbocycles. The average Bonchev–Trinajstić information content (AvgIpc) is 3.08. The number of ether oxygens (including phenoxy) is 2. The van der Waals surface area contributed by atoms with E-state index < -0.39 is 0 Å². The Kier molecular flexibility index (Phi) is 11.8. The van der Waals surface area contributed by atoms with Crippen molar-refractivity contribution in [2.24, 2.45) is 0 Å². The highest BCUT2D eigenvalue weighted by atomic mass is 35.5. The first-order valence-electron chi connectivity index (χ1n) is 15.4. The molecule has 2 heterocycles. The molecule has 0 bridgehead atoms. The van der Waals surface area contributed by atoms with Crippen LogP contribution >= 0.6 is 23.5 Å². The van der Waals surface area contributed by atoms with Crippen LogP contribution in [-0.4, -0.2) is 60.9 Å². The first-order chi connectivity index (χ1) is 22.5. The van der Waals surface area contributed by atoms with Crippen molar-refractivity contribution in [1.82, 2.24) is 20.2 Å². The maximum absolute atomic E-state index is 7.96. The minimum absolute atomic E-state index is 0.334. The van der Waals surface area contributed by atoms with Gasteiger partial charge < -0.3 is 30.0 Å². The normalized spacial score (nSPS) is 13.7. The van der Waals surface area contributed by atoms with Crippen molar-refractivity contribution in [3.8, 4) is 28.6 Å². The fourth-order valence-electron chi connectivity index (χ4n) is 5.12. The van der Waals surface area contributed by atoms with Crippen LogP contribution < -0.4 is 24.4 Å². The third-order valence-corrected chi connectivity index (χ3v) is 8.69. The van der Waals surface area contributed by atoms with Gasteiger partial charge in [0.05, 0.1) is 22.9 Å². The topological polar surface area (TPSA) is 98.6 Å². The summed E-state index contributed by atoms with van der Waals surface area (Å²) in [4.78, 5) is 15.0. The lowest BCUT2D eigenvalue weighted by atomic mass is 10.0. The first-order valence-corrected chi connectivity index (χ1v) is 16.6. The van der Waals surface area contributed by atoms with E-state index in [0.29, 0.717) is 52.8 Å². The zero-order chi connectivity index (χ0) is 32.3. The summed E-state index contributed by atoms with van der Waals surface area (Å²) in [5, 5.41) is 11.8. The van der Waals surface area contributed by atoms with Crippen molar-refractivity contribution in [2.75, 3.05) is 49.5 Å². The zero-order valence-electron chi connectivity index (χ0n) is 26.4. The van der Waals surface area contributed by atoms with Crippen LogP contribution in [0.1, 0.15) is 25.0 Å². The maximum atomic E-state index is 7.96. The molecule has 46 heavy (non-hydrogen) atoms. The second-order valence-electron chi connectivity index (χ2n) is 10.7. The highest BCUT2D eigenvalue weighted by Gasteiger charge is 2.23. The minimum Gasteiger partial charge on any atom is -0.493 e. The lowest BCUT2D eigenvalue weighted by Gasteiger charge is -2.34. The first kappa shape index (κ1) is 33.1. The van der Waals surface area contributed by atoms with Crippen LogP contribution in [0.4, 0.5) is 11.6 Å². The molecule has 11 heteroatoms. The zero-order valence-corrected chi connectivity index (χ0v) is 28.0. The van der Waals surface area contributed by atoms with Crippen molar-refractivity contribution in [1.29, 1.82) is 5.41 Å². The number of hydrogen-bond acceptors (Lipinski definition) is 10. The third-order valence-electron chi connectivity index (χ3n) is 7.55. The predicted molar refractivity (Wildman–Crippen MR) is 191 cm³/mol. The molecule has 9 nitrogen and oxygen atoms in total. The second-order valence-corrected chi connectivity index (χ2v) is 12.0. The van der Waals surface area contributed by atoms with Gasteiger partial charge >= 0.3 is 0 Å². The van der Waals surface area contributed by atoms with E-state index in [0.717, 1.165) is 54.3 Å². The number of likely N-dealkylation sites (N-methyl/N-ethyl adjacent to an activating group) is 1. The summed E-state index contributed by atoms with van der Waals surface area (Å²) in [6.07, 6.45) is 3.69. The van der Waals surface area contributed by atoms with Gasteiger partial charge in [-0.2, -0.15) is 4.98 Å². The van der Waals surface area contributed by atoms with Crippen molar-refractivity contribution in [3.63, 3.8) is 0 Å². The Hall–Kier alpha value is -4.25. The highest BCUT2D eigenvalue weighted by molar-refractivity contribution is 8.05. The molecule has 0 atom stereocenters. The van der Waals surface area contributed by atoms with Crippen LogP contribution in [0, 0.1) is 5.41 Å². The third kappa shape index (κ3) is 8.31. The molecule has 1 aliphatic heterocycles. The lowest BCUT2D eigenvalue weighted by molar-refractivity contribution is 0.313. The number of allylic oxidation sites excluding steroid dienone is 1. The van der Waals surface area contributed by atoms with E-state index >= 15 is 0 Å². The number of nitrogens with one attached hydrogen (secondary N) is 3. The number of hydrogen-bond donors (Lipinski definition) is 3. The largest absolute Gasteiger partial charge is 0.493 e. The Morgan fingerprint density at radius 2 is 1.70 bits per heavy atom. The van der Waals surface area contributed by atoms with Crippen molar-refractivity contribution >= 4 is 41.4 Å². The summed E-state index contributed by atoms with van der Waals surface area (Å²) in [6.45, 7) is 8.89. The van der Waals surface area contributed by atoms with Crippen molar-refractivity contribution in [2.45, 2.75) is 26.8 Å². The molecule has 0 amide bonds. The molecule has 4 aromatic rings. The van der Waals surface area contributed by atoms with E-state index in [2.05, 4.69) is 45.9 Å². The predicted octanol–water partition coefficient (Wildman–Crippen LogP) is 7.64. The fourth-order valence-corrected chi connectivity index (χ4v) is 5.91. The summed E-state index contributed by atoms with van der Waals surface area (Å²) in [7, 11) is 2.13. The highest BCUT2D eigenvalue weighted by Crippen LogP contribution is 2.41. The van der Waals surface area contributed by atoms with Gasteiger partial charge in [0.25, 0.3) is 0 Å². The maximum Gasteiger partial charge on any atom is 0.237 e. The molecule has 3 N–H and O–H groups in total. The molecule has 240 valence electrons. The number of aromatic nitrogens is 2. The van der Waals surface area contributed by atoms with Gasteiger partial charge in [0.2, 0.25) is 11.8 Å². The Bertz CT molecular complexity index is 1650. The summed E-state index contributed by atoms with van der Waals surface area (Å²) >= 11 is 8.24.